The standard InChI is InChI=1S/C29H48O/c1-19(2)9-8-10-20(3)21-15-17-28(6)22(21)11-12-23(28)24-13-14-25-27(4,5)26(30)16-18-29(24,25)7/h9,21-26,30H,3,8,10-18H2,1-2,4-7H3/t21-,22-,23-,24+,25-,26-,28-,29+/m0/s1. The van der Waals surface area contributed by atoms with Crippen molar-refractivity contribution in [2.45, 2.75) is 112 Å². The lowest BCUT2D eigenvalue weighted by Crippen LogP contribution is -2.51. The molecule has 0 aromatic carbocycles. The normalized spacial score (nSPS) is 47.0. The Bertz CT molecular complexity index is 697. The minimum absolute atomic E-state index is 0.0814. The van der Waals surface area contributed by atoms with Gasteiger partial charge in [-0.1, -0.05) is 51.5 Å². The SMILES string of the molecule is C=C(CCC=C(C)C)[C@@H]1CC[C@]2(C)[C@H]([C@H]3CC[C@H]4C(C)(C)[C@@H](O)CC[C@]34C)CC[C@@H]12. The van der Waals surface area contributed by atoms with Crippen LogP contribution in [0.3, 0.4) is 0 Å². The zero-order valence-corrected chi connectivity index (χ0v) is 20.8. The third-order valence-corrected chi connectivity index (χ3v) is 11.1. The van der Waals surface area contributed by atoms with E-state index in [0.717, 1.165) is 30.1 Å². The van der Waals surface area contributed by atoms with Crippen molar-refractivity contribution >= 4 is 0 Å². The molecular formula is C29H48O. The molecule has 4 aliphatic carbocycles. The monoisotopic (exact) mass is 412 g/mol. The van der Waals surface area contributed by atoms with Crippen LogP contribution in [0.4, 0.5) is 0 Å². The van der Waals surface area contributed by atoms with Crippen molar-refractivity contribution in [3.63, 3.8) is 0 Å². The zero-order valence-electron chi connectivity index (χ0n) is 20.8. The highest BCUT2D eigenvalue weighted by Gasteiger charge is 2.63. The molecule has 1 nitrogen and oxygen atoms in total. The second-order valence-corrected chi connectivity index (χ2v) is 13.0. The summed E-state index contributed by atoms with van der Waals surface area (Å²) >= 11 is 0. The molecule has 0 unspecified atom stereocenters. The van der Waals surface area contributed by atoms with E-state index in [0.29, 0.717) is 16.7 Å². The molecule has 0 bridgehead atoms. The van der Waals surface area contributed by atoms with Gasteiger partial charge in [-0.3, -0.25) is 0 Å². The molecule has 0 saturated heterocycles. The van der Waals surface area contributed by atoms with E-state index >= 15 is 0 Å². The maximum atomic E-state index is 10.7. The van der Waals surface area contributed by atoms with Gasteiger partial charge in [0.2, 0.25) is 0 Å². The molecule has 170 valence electrons. The first-order chi connectivity index (χ1) is 14.0. The van der Waals surface area contributed by atoms with Crippen molar-refractivity contribution in [1.29, 1.82) is 0 Å². The van der Waals surface area contributed by atoms with Crippen LogP contribution < -0.4 is 0 Å². The average Bonchev–Trinajstić information content (AvgIpc) is 3.28. The van der Waals surface area contributed by atoms with E-state index in [1.54, 1.807) is 5.57 Å². The minimum atomic E-state index is -0.110. The summed E-state index contributed by atoms with van der Waals surface area (Å²) < 4.78 is 0. The fourth-order valence-electron chi connectivity index (χ4n) is 9.43. The predicted molar refractivity (Wildman–Crippen MR) is 128 cm³/mol. The third-order valence-electron chi connectivity index (χ3n) is 11.1. The van der Waals surface area contributed by atoms with E-state index in [1.165, 1.54) is 63.4 Å². The molecule has 30 heavy (non-hydrogen) atoms. The van der Waals surface area contributed by atoms with Gasteiger partial charge in [-0.25, -0.2) is 0 Å². The van der Waals surface area contributed by atoms with Crippen molar-refractivity contribution in [2.75, 3.05) is 0 Å². The van der Waals surface area contributed by atoms with Gasteiger partial charge < -0.3 is 5.11 Å². The molecule has 1 heteroatoms. The predicted octanol–water partition coefficient (Wildman–Crippen LogP) is 7.94. The number of allylic oxidation sites excluding steroid dienone is 3. The molecule has 0 spiro atoms. The molecular weight excluding hydrogens is 364 g/mol. The van der Waals surface area contributed by atoms with Crippen LogP contribution in [-0.4, -0.2) is 11.2 Å². The maximum absolute atomic E-state index is 10.7. The van der Waals surface area contributed by atoms with Gasteiger partial charge in [-0.05, 0) is 124 Å². The number of fused-ring (bicyclic) bond motifs is 2. The Morgan fingerprint density at radius 2 is 1.47 bits per heavy atom. The van der Waals surface area contributed by atoms with Gasteiger partial charge in [0.1, 0.15) is 0 Å². The van der Waals surface area contributed by atoms with Gasteiger partial charge >= 0.3 is 0 Å². The lowest BCUT2D eigenvalue weighted by molar-refractivity contribution is -0.105. The smallest absolute Gasteiger partial charge is 0.0594 e. The van der Waals surface area contributed by atoms with Gasteiger partial charge in [0.15, 0.2) is 0 Å². The van der Waals surface area contributed by atoms with Crippen LogP contribution in [0, 0.1) is 45.8 Å². The Morgan fingerprint density at radius 1 is 0.867 bits per heavy atom. The molecule has 4 aliphatic rings. The molecule has 0 aromatic rings. The molecule has 4 fully saturated rings. The van der Waals surface area contributed by atoms with Gasteiger partial charge in [0.25, 0.3) is 0 Å². The van der Waals surface area contributed by atoms with Crippen LogP contribution in [0.5, 0.6) is 0 Å². The van der Waals surface area contributed by atoms with Crippen molar-refractivity contribution in [3.8, 4) is 0 Å². The summed E-state index contributed by atoms with van der Waals surface area (Å²) in [6.07, 6.45) is 15.3. The Balaban J connectivity index is 1.50. The first kappa shape index (κ1) is 22.6. The zero-order chi connectivity index (χ0) is 21.9. The van der Waals surface area contributed by atoms with E-state index < -0.39 is 0 Å². The van der Waals surface area contributed by atoms with Crippen molar-refractivity contribution in [3.05, 3.63) is 23.8 Å². The summed E-state index contributed by atoms with van der Waals surface area (Å²) in [6, 6.07) is 0. The maximum Gasteiger partial charge on any atom is 0.0594 e. The highest BCUT2D eigenvalue weighted by Crippen LogP contribution is 2.70. The summed E-state index contributed by atoms with van der Waals surface area (Å²) in [7, 11) is 0. The fraction of sp³-hybridized carbons (Fsp3) is 0.862. The van der Waals surface area contributed by atoms with Crippen LogP contribution in [0.1, 0.15) is 106 Å². The summed E-state index contributed by atoms with van der Waals surface area (Å²) in [4.78, 5) is 0. The summed E-state index contributed by atoms with van der Waals surface area (Å²) in [6.45, 7) is 19.0. The van der Waals surface area contributed by atoms with Crippen molar-refractivity contribution in [1.82, 2.24) is 0 Å². The van der Waals surface area contributed by atoms with Gasteiger partial charge in [-0.15, -0.1) is 0 Å². The lowest BCUT2D eigenvalue weighted by atomic mass is 9.52. The minimum Gasteiger partial charge on any atom is -0.393 e. The number of aliphatic hydroxyl groups excluding tert-OH is 1. The van der Waals surface area contributed by atoms with Crippen LogP contribution in [0.25, 0.3) is 0 Å². The second-order valence-electron chi connectivity index (χ2n) is 13.0. The Hall–Kier alpha value is -0.560. The molecule has 0 aromatic heterocycles. The molecule has 0 heterocycles. The Kier molecular flexibility index (Phi) is 5.87. The van der Waals surface area contributed by atoms with Crippen molar-refractivity contribution < 1.29 is 5.11 Å². The number of rotatable bonds is 5. The number of aliphatic hydroxyl groups is 1. The van der Waals surface area contributed by atoms with E-state index in [9.17, 15) is 5.11 Å². The molecule has 0 aliphatic heterocycles. The van der Waals surface area contributed by atoms with Crippen LogP contribution in [-0.2, 0) is 0 Å². The second kappa shape index (κ2) is 7.79. The summed E-state index contributed by atoms with van der Waals surface area (Å²) in [5.74, 6) is 4.07. The lowest BCUT2D eigenvalue weighted by Gasteiger charge is -2.54. The molecule has 0 radical (unpaired) electrons. The first-order valence-corrected chi connectivity index (χ1v) is 13.0. The quantitative estimate of drug-likeness (QED) is 0.454. The molecule has 4 saturated carbocycles. The largest absolute Gasteiger partial charge is 0.393 e. The van der Waals surface area contributed by atoms with E-state index in [2.05, 4.69) is 54.2 Å². The Morgan fingerprint density at radius 3 is 2.17 bits per heavy atom. The average molecular weight is 413 g/mol. The van der Waals surface area contributed by atoms with E-state index in [-0.39, 0.29) is 11.5 Å². The van der Waals surface area contributed by atoms with Crippen LogP contribution >= 0.6 is 0 Å². The highest BCUT2D eigenvalue weighted by atomic mass is 16.3. The first-order valence-electron chi connectivity index (χ1n) is 13.0. The summed E-state index contributed by atoms with van der Waals surface area (Å²) in [5, 5.41) is 10.7. The summed E-state index contributed by atoms with van der Waals surface area (Å²) in [5.41, 5.74) is 4.01. The van der Waals surface area contributed by atoms with E-state index in [4.69, 9.17) is 0 Å². The van der Waals surface area contributed by atoms with Crippen LogP contribution in [0.2, 0.25) is 0 Å². The highest BCUT2D eigenvalue weighted by molar-refractivity contribution is 5.17. The van der Waals surface area contributed by atoms with Gasteiger partial charge in [0, 0.05) is 0 Å². The molecule has 4 rings (SSSR count). The third kappa shape index (κ3) is 3.37. The Labute approximate surface area is 186 Å². The van der Waals surface area contributed by atoms with Crippen molar-refractivity contribution in [2.24, 2.45) is 45.8 Å². The topological polar surface area (TPSA) is 20.2 Å². The molecule has 8 atom stereocenters. The molecule has 0 amide bonds. The number of hydrogen-bond acceptors (Lipinski definition) is 1. The number of hydrogen-bond donors (Lipinski definition) is 1. The molecule has 1 N–H and O–H groups in total. The fourth-order valence-corrected chi connectivity index (χ4v) is 9.43. The van der Waals surface area contributed by atoms with Gasteiger partial charge in [0.05, 0.1) is 6.10 Å². The van der Waals surface area contributed by atoms with E-state index in [1.807, 2.05) is 0 Å². The van der Waals surface area contributed by atoms with Gasteiger partial charge in [-0.2, -0.15) is 0 Å². The van der Waals surface area contributed by atoms with Crippen LogP contribution in [0.15, 0.2) is 23.8 Å².